The van der Waals surface area contributed by atoms with E-state index in [1.807, 2.05) is 17.0 Å². The zero-order chi connectivity index (χ0) is 15.6. The van der Waals surface area contributed by atoms with Crippen molar-refractivity contribution < 1.29 is 4.79 Å². The van der Waals surface area contributed by atoms with E-state index in [1.54, 1.807) is 6.07 Å². The largest absolute Gasteiger partial charge is 0.339 e. The Bertz CT molecular complexity index is 524. The van der Waals surface area contributed by atoms with Crippen molar-refractivity contribution >= 4 is 33.4 Å². The quantitative estimate of drug-likeness (QED) is 0.647. The van der Waals surface area contributed by atoms with Gasteiger partial charge in [0.2, 0.25) is 0 Å². The maximum atomic E-state index is 12.6. The summed E-state index contributed by atoms with van der Waals surface area (Å²) in [6.45, 7) is 8.57. The summed E-state index contributed by atoms with van der Waals surface area (Å²) in [6.07, 6.45) is 3.37. The summed E-state index contributed by atoms with van der Waals surface area (Å²) in [5.41, 5.74) is 0.998. The fourth-order valence-electron chi connectivity index (χ4n) is 2.98. The first-order chi connectivity index (χ1) is 9.79. The van der Waals surface area contributed by atoms with E-state index in [2.05, 4.69) is 36.7 Å². The second kappa shape index (κ2) is 6.70. The number of benzene rings is 1. The molecule has 1 unspecified atom stereocenters. The summed E-state index contributed by atoms with van der Waals surface area (Å²) in [6, 6.07) is 5.43. The lowest BCUT2D eigenvalue weighted by molar-refractivity contribution is 0.0755. The Balaban J connectivity index is 2.08. The van der Waals surface area contributed by atoms with E-state index in [1.165, 1.54) is 6.42 Å². The Hall–Kier alpha value is -0.540. The molecule has 1 amide bonds. The van der Waals surface area contributed by atoms with Crippen LogP contribution in [0.3, 0.4) is 0 Å². The van der Waals surface area contributed by atoms with Crippen LogP contribution in [-0.4, -0.2) is 23.9 Å². The molecule has 1 heterocycles. The molecule has 1 aromatic rings. The van der Waals surface area contributed by atoms with Crippen LogP contribution in [0.25, 0.3) is 0 Å². The highest BCUT2D eigenvalue weighted by Gasteiger charge is 2.28. The van der Waals surface area contributed by atoms with Crippen molar-refractivity contribution in [3.63, 3.8) is 0 Å². The SMILES string of the molecule is CC(C)(C)C1CCCN(C(=O)c2ccc(Br)c(Cl)c2)CC1. The van der Waals surface area contributed by atoms with Crippen molar-refractivity contribution in [1.82, 2.24) is 4.90 Å². The third-order valence-corrected chi connectivity index (χ3v) is 5.64. The normalized spacial score (nSPS) is 20.2. The monoisotopic (exact) mass is 371 g/mol. The number of halogens is 2. The first-order valence-electron chi connectivity index (χ1n) is 7.53. The van der Waals surface area contributed by atoms with Crippen LogP contribution in [0.2, 0.25) is 5.02 Å². The van der Waals surface area contributed by atoms with Crippen LogP contribution < -0.4 is 0 Å². The molecule has 0 aromatic heterocycles. The fourth-order valence-corrected chi connectivity index (χ4v) is 3.40. The van der Waals surface area contributed by atoms with Gasteiger partial charge in [-0.25, -0.2) is 0 Å². The molecular formula is C17H23BrClNO. The highest BCUT2D eigenvalue weighted by atomic mass is 79.9. The van der Waals surface area contributed by atoms with Crippen molar-refractivity contribution in [2.75, 3.05) is 13.1 Å². The molecule has 1 atom stereocenters. The van der Waals surface area contributed by atoms with Crippen LogP contribution >= 0.6 is 27.5 Å². The average Bonchev–Trinajstić information content (AvgIpc) is 2.66. The molecule has 0 spiro atoms. The summed E-state index contributed by atoms with van der Waals surface area (Å²) in [5.74, 6) is 0.780. The molecule has 1 saturated heterocycles. The average molecular weight is 373 g/mol. The zero-order valence-corrected chi connectivity index (χ0v) is 15.3. The van der Waals surface area contributed by atoms with Gasteiger partial charge in [0.15, 0.2) is 0 Å². The predicted octanol–water partition coefficient (Wildman–Crippen LogP) is 5.39. The molecular weight excluding hydrogens is 350 g/mol. The molecule has 1 fully saturated rings. The molecule has 1 aliphatic rings. The highest BCUT2D eigenvalue weighted by Crippen LogP contribution is 2.34. The second-order valence-corrected chi connectivity index (χ2v) is 8.18. The van der Waals surface area contributed by atoms with Gasteiger partial charge in [-0.2, -0.15) is 0 Å². The van der Waals surface area contributed by atoms with E-state index in [-0.39, 0.29) is 5.91 Å². The lowest BCUT2D eigenvalue weighted by atomic mass is 9.77. The van der Waals surface area contributed by atoms with Gasteiger partial charge in [0.05, 0.1) is 5.02 Å². The third-order valence-electron chi connectivity index (χ3n) is 4.41. The lowest BCUT2D eigenvalue weighted by Crippen LogP contribution is -2.32. The van der Waals surface area contributed by atoms with Crippen molar-refractivity contribution in [2.24, 2.45) is 11.3 Å². The van der Waals surface area contributed by atoms with Gasteiger partial charge in [-0.1, -0.05) is 32.4 Å². The number of carbonyl (C=O) groups excluding carboxylic acids is 1. The van der Waals surface area contributed by atoms with Gasteiger partial charge in [0.1, 0.15) is 0 Å². The van der Waals surface area contributed by atoms with E-state index >= 15 is 0 Å². The molecule has 2 rings (SSSR count). The van der Waals surface area contributed by atoms with Gasteiger partial charge >= 0.3 is 0 Å². The number of nitrogens with zero attached hydrogens (tertiary/aromatic N) is 1. The van der Waals surface area contributed by atoms with Crippen molar-refractivity contribution in [3.8, 4) is 0 Å². The maximum absolute atomic E-state index is 12.6. The van der Waals surface area contributed by atoms with Gasteiger partial charge in [-0.3, -0.25) is 4.79 Å². The molecule has 2 nitrogen and oxygen atoms in total. The van der Waals surface area contributed by atoms with Crippen LogP contribution in [0.15, 0.2) is 22.7 Å². The third kappa shape index (κ3) is 4.23. The first-order valence-corrected chi connectivity index (χ1v) is 8.70. The van der Waals surface area contributed by atoms with E-state index < -0.39 is 0 Å². The first kappa shape index (κ1) is 16.8. The molecule has 0 radical (unpaired) electrons. The Morgan fingerprint density at radius 3 is 2.62 bits per heavy atom. The number of amides is 1. The van der Waals surface area contributed by atoms with Crippen LogP contribution in [0.5, 0.6) is 0 Å². The van der Waals surface area contributed by atoms with Crippen LogP contribution in [-0.2, 0) is 0 Å². The Morgan fingerprint density at radius 1 is 1.29 bits per heavy atom. The maximum Gasteiger partial charge on any atom is 0.253 e. The number of hydrogen-bond acceptors (Lipinski definition) is 1. The molecule has 0 saturated carbocycles. The smallest absolute Gasteiger partial charge is 0.253 e. The number of carbonyl (C=O) groups is 1. The minimum Gasteiger partial charge on any atom is -0.339 e. The standard InChI is InChI=1S/C17H23BrClNO/c1-17(2,3)13-5-4-9-20(10-8-13)16(21)12-6-7-14(18)15(19)11-12/h6-7,11,13H,4-5,8-10H2,1-3H3. The summed E-state index contributed by atoms with van der Waals surface area (Å²) in [7, 11) is 0. The Morgan fingerprint density at radius 2 is 2.00 bits per heavy atom. The molecule has 4 heteroatoms. The number of likely N-dealkylation sites (tertiary alicyclic amines) is 1. The predicted molar refractivity (Wildman–Crippen MR) is 91.9 cm³/mol. The zero-order valence-electron chi connectivity index (χ0n) is 13.0. The van der Waals surface area contributed by atoms with Crippen LogP contribution in [0, 0.1) is 11.3 Å². The minimum atomic E-state index is 0.0963. The Labute approximate surface area is 141 Å². The summed E-state index contributed by atoms with van der Waals surface area (Å²) in [4.78, 5) is 14.6. The molecule has 21 heavy (non-hydrogen) atoms. The summed E-state index contributed by atoms with van der Waals surface area (Å²) in [5, 5.41) is 0.586. The van der Waals surface area contributed by atoms with E-state index in [4.69, 9.17) is 11.6 Å². The van der Waals surface area contributed by atoms with Crippen molar-refractivity contribution in [3.05, 3.63) is 33.3 Å². The minimum absolute atomic E-state index is 0.0963. The lowest BCUT2D eigenvalue weighted by Gasteiger charge is -2.29. The van der Waals surface area contributed by atoms with Crippen LogP contribution in [0.4, 0.5) is 0 Å². The van der Waals surface area contributed by atoms with Gasteiger partial charge < -0.3 is 4.90 Å². The molecule has 116 valence electrons. The second-order valence-electron chi connectivity index (χ2n) is 6.91. The van der Waals surface area contributed by atoms with Crippen LogP contribution in [0.1, 0.15) is 50.4 Å². The number of rotatable bonds is 1. The summed E-state index contributed by atoms with van der Waals surface area (Å²) >= 11 is 9.45. The molecule has 0 N–H and O–H groups in total. The Kier molecular flexibility index (Phi) is 5.37. The highest BCUT2D eigenvalue weighted by molar-refractivity contribution is 9.10. The van der Waals surface area contributed by atoms with Gasteiger partial charge in [-0.05, 0) is 64.7 Å². The van der Waals surface area contributed by atoms with Gasteiger partial charge in [-0.15, -0.1) is 0 Å². The fraction of sp³-hybridized carbons (Fsp3) is 0.588. The van der Waals surface area contributed by atoms with Crippen molar-refractivity contribution in [1.29, 1.82) is 0 Å². The van der Waals surface area contributed by atoms with E-state index in [0.29, 0.717) is 21.9 Å². The molecule has 1 aromatic carbocycles. The number of hydrogen-bond donors (Lipinski definition) is 0. The van der Waals surface area contributed by atoms with Gasteiger partial charge in [0.25, 0.3) is 5.91 Å². The molecule has 0 bridgehead atoms. The van der Waals surface area contributed by atoms with E-state index in [0.717, 1.165) is 30.4 Å². The molecule has 0 aliphatic carbocycles. The van der Waals surface area contributed by atoms with E-state index in [9.17, 15) is 4.79 Å². The topological polar surface area (TPSA) is 20.3 Å². The van der Waals surface area contributed by atoms with Gasteiger partial charge in [0, 0.05) is 23.1 Å². The molecule has 1 aliphatic heterocycles. The summed E-state index contributed by atoms with van der Waals surface area (Å²) < 4.78 is 0.823. The van der Waals surface area contributed by atoms with Crippen molar-refractivity contribution in [2.45, 2.75) is 40.0 Å².